The standard InChI is InChI=1S/C13H26/c1-9(2)7-10(3)11-8-12(11)13(4,5)6/h9-12H,7-8H2,1-6H3. The Bertz CT molecular complexity index is 161. The average Bonchev–Trinajstić information content (AvgIpc) is 2.59. The van der Waals surface area contributed by atoms with Gasteiger partial charge in [-0.2, -0.15) is 0 Å². The molecule has 0 aromatic heterocycles. The second-order valence-corrected chi connectivity index (χ2v) is 6.48. The van der Waals surface area contributed by atoms with Gasteiger partial charge in [0.15, 0.2) is 0 Å². The van der Waals surface area contributed by atoms with E-state index in [0.29, 0.717) is 5.41 Å². The predicted octanol–water partition coefficient (Wildman–Crippen LogP) is 4.35. The van der Waals surface area contributed by atoms with Crippen molar-refractivity contribution in [1.29, 1.82) is 0 Å². The molecule has 0 amide bonds. The van der Waals surface area contributed by atoms with Gasteiger partial charge in [0.25, 0.3) is 0 Å². The highest BCUT2D eigenvalue weighted by Crippen LogP contribution is 2.55. The molecule has 0 aromatic rings. The molecule has 0 aromatic carbocycles. The van der Waals surface area contributed by atoms with Crippen molar-refractivity contribution in [2.75, 3.05) is 0 Å². The van der Waals surface area contributed by atoms with E-state index in [2.05, 4.69) is 41.5 Å². The third kappa shape index (κ3) is 3.00. The maximum absolute atomic E-state index is 2.44. The van der Waals surface area contributed by atoms with Crippen molar-refractivity contribution < 1.29 is 0 Å². The van der Waals surface area contributed by atoms with Crippen molar-refractivity contribution in [2.24, 2.45) is 29.1 Å². The third-order valence-corrected chi connectivity index (χ3v) is 3.53. The number of hydrogen-bond donors (Lipinski definition) is 0. The first kappa shape index (κ1) is 11.1. The Kier molecular flexibility index (Phi) is 3.09. The Balaban J connectivity index is 2.34. The fourth-order valence-electron chi connectivity index (χ4n) is 2.76. The summed E-state index contributed by atoms with van der Waals surface area (Å²) in [6.45, 7) is 14.3. The molecule has 3 unspecified atom stereocenters. The highest BCUT2D eigenvalue weighted by Gasteiger charge is 2.47. The van der Waals surface area contributed by atoms with E-state index < -0.39 is 0 Å². The maximum atomic E-state index is 2.44. The Hall–Kier alpha value is 0. The summed E-state index contributed by atoms with van der Waals surface area (Å²) in [5.74, 6) is 3.85. The SMILES string of the molecule is CC(C)CC(C)C1CC1C(C)(C)C. The van der Waals surface area contributed by atoms with Crippen LogP contribution in [0, 0.1) is 29.1 Å². The minimum absolute atomic E-state index is 0.551. The summed E-state index contributed by atoms with van der Waals surface area (Å²) < 4.78 is 0. The van der Waals surface area contributed by atoms with Gasteiger partial charge in [-0.3, -0.25) is 0 Å². The molecule has 1 aliphatic rings. The van der Waals surface area contributed by atoms with Gasteiger partial charge in [0.05, 0.1) is 0 Å². The van der Waals surface area contributed by atoms with Crippen molar-refractivity contribution in [1.82, 2.24) is 0 Å². The summed E-state index contributed by atoms with van der Waals surface area (Å²) in [6.07, 6.45) is 2.90. The van der Waals surface area contributed by atoms with Gasteiger partial charge in [-0.15, -0.1) is 0 Å². The molecule has 0 heterocycles. The summed E-state index contributed by atoms with van der Waals surface area (Å²) in [5, 5.41) is 0. The molecule has 13 heavy (non-hydrogen) atoms. The van der Waals surface area contributed by atoms with Gasteiger partial charge in [-0.1, -0.05) is 41.5 Å². The maximum Gasteiger partial charge on any atom is -0.0331 e. The van der Waals surface area contributed by atoms with E-state index in [1.54, 1.807) is 0 Å². The molecule has 0 saturated heterocycles. The first-order valence-electron chi connectivity index (χ1n) is 5.82. The monoisotopic (exact) mass is 182 g/mol. The summed E-state index contributed by atoms with van der Waals surface area (Å²) >= 11 is 0. The zero-order valence-electron chi connectivity index (χ0n) is 10.2. The summed E-state index contributed by atoms with van der Waals surface area (Å²) in [7, 11) is 0. The summed E-state index contributed by atoms with van der Waals surface area (Å²) in [4.78, 5) is 0. The van der Waals surface area contributed by atoms with Crippen LogP contribution >= 0.6 is 0 Å². The zero-order chi connectivity index (χ0) is 10.2. The third-order valence-electron chi connectivity index (χ3n) is 3.53. The van der Waals surface area contributed by atoms with E-state index >= 15 is 0 Å². The van der Waals surface area contributed by atoms with Crippen LogP contribution in [0.25, 0.3) is 0 Å². The largest absolute Gasteiger partial charge is 0.0628 e. The molecule has 0 spiro atoms. The first-order chi connectivity index (χ1) is 5.82. The second-order valence-electron chi connectivity index (χ2n) is 6.48. The Morgan fingerprint density at radius 1 is 1.15 bits per heavy atom. The van der Waals surface area contributed by atoms with Gasteiger partial charge in [-0.25, -0.2) is 0 Å². The predicted molar refractivity (Wildman–Crippen MR) is 59.7 cm³/mol. The van der Waals surface area contributed by atoms with E-state index in [0.717, 1.165) is 23.7 Å². The van der Waals surface area contributed by atoms with Crippen molar-refractivity contribution in [2.45, 2.75) is 54.4 Å². The van der Waals surface area contributed by atoms with Crippen LogP contribution in [0.4, 0.5) is 0 Å². The van der Waals surface area contributed by atoms with Crippen molar-refractivity contribution in [3.63, 3.8) is 0 Å². The van der Waals surface area contributed by atoms with E-state index in [-0.39, 0.29) is 0 Å². The zero-order valence-corrected chi connectivity index (χ0v) is 10.2. The summed E-state index contributed by atoms with van der Waals surface area (Å²) in [5.41, 5.74) is 0.551. The van der Waals surface area contributed by atoms with Crippen LogP contribution in [-0.4, -0.2) is 0 Å². The normalized spacial score (nSPS) is 30.7. The van der Waals surface area contributed by atoms with Crippen LogP contribution in [0.15, 0.2) is 0 Å². The van der Waals surface area contributed by atoms with Crippen LogP contribution in [0.3, 0.4) is 0 Å². The lowest BCUT2D eigenvalue weighted by Crippen LogP contribution is -2.13. The van der Waals surface area contributed by atoms with Crippen LogP contribution in [0.1, 0.15) is 54.4 Å². The molecule has 1 saturated carbocycles. The minimum Gasteiger partial charge on any atom is -0.0628 e. The van der Waals surface area contributed by atoms with Crippen molar-refractivity contribution in [3.05, 3.63) is 0 Å². The van der Waals surface area contributed by atoms with Gasteiger partial charge >= 0.3 is 0 Å². The molecule has 1 rings (SSSR count). The van der Waals surface area contributed by atoms with Crippen LogP contribution in [-0.2, 0) is 0 Å². The molecule has 0 nitrogen and oxygen atoms in total. The van der Waals surface area contributed by atoms with Gasteiger partial charge in [0, 0.05) is 0 Å². The van der Waals surface area contributed by atoms with Crippen LogP contribution in [0.2, 0.25) is 0 Å². The number of rotatable bonds is 3. The van der Waals surface area contributed by atoms with Crippen molar-refractivity contribution >= 4 is 0 Å². The molecular formula is C13H26. The van der Waals surface area contributed by atoms with Gasteiger partial charge in [-0.05, 0) is 41.9 Å². The van der Waals surface area contributed by atoms with Crippen LogP contribution in [0.5, 0.6) is 0 Å². The molecule has 78 valence electrons. The lowest BCUT2D eigenvalue weighted by molar-refractivity contribution is 0.286. The summed E-state index contributed by atoms with van der Waals surface area (Å²) in [6, 6.07) is 0. The Morgan fingerprint density at radius 2 is 1.69 bits per heavy atom. The highest BCUT2D eigenvalue weighted by atomic mass is 14.5. The van der Waals surface area contributed by atoms with E-state index in [4.69, 9.17) is 0 Å². The molecule has 1 fully saturated rings. The van der Waals surface area contributed by atoms with Gasteiger partial charge in [0.1, 0.15) is 0 Å². The molecule has 0 bridgehead atoms. The second kappa shape index (κ2) is 3.63. The number of hydrogen-bond acceptors (Lipinski definition) is 0. The van der Waals surface area contributed by atoms with Crippen molar-refractivity contribution in [3.8, 4) is 0 Å². The fourth-order valence-corrected chi connectivity index (χ4v) is 2.76. The van der Waals surface area contributed by atoms with E-state index in [9.17, 15) is 0 Å². The molecule has 1 aliphatic carbocycles. The van der Waals surface area contributed by atoms with Gasteiger partial charge < -0.3 is 0 Å². The molecular weight excluding hydrogens is 156 g/mol. The lowest BCUT2D eigenvalue weighted by atomic mass is 9.85. The first-order valence-corrected chi connectivity index (χ1v) is 5.82. The fraction of sp³-hybridized carbons (Fsp3) is 1.00. The van der Waals surface area contributed by atoms with Gasteiger partial charge in [0.2, 0.25) is 0 Å². The van der Waals surface area contributed by atoms with Crippen LogP contribution < -0.4 is 0 Å². The highest BCUT2D eigenvalue weighted by molar-refractivity contribution is 4.96. The molecule has 0 radical (unpaired) electrons. The Labute approximate surface area is 84.1 Å². The van der Waals surface area contributed by atoms with E-state index in [1.165, 1.54) is 12.8 Å². The Morgan fingerprint density at radius 3 is 2.00 bits per heavy atom. The topological polar surface area (TPSA) is 0 Å². The van der Waals surface area contributed by atoms with E-state index in [1.807, 2.05) is 0 Å². The molecule has 0 heteroatoms. The smallest absolute Gasteiger partial charge is 0.0331 e. The molecule has 0 aliphatic heterocycles. The molecule has 3 atom stereocenters. The average molecular weight is 182 g/mol. The minimum atomic E-state index is 0.551. The molecule has 0 N–H and O–H groups in total. The lowest BCUT2D eigenvalue weighted by Gasteiger charge is -2.21. The quantitative estimate of drug-likeness (QED) is 0.608.